The highest BCUT2D eigenvalue weighted by Gasteiger charge is 2.47. The molecule has 3 aromatic rings. The van der Waals surface area contributed by atoms with E-state index in [9.17, 15) is 9.50 Å². The van der Waals surface area contributed by atoms with Gasteiger partial charge in [0.05, 0.1) is 12.3 Å². The second-order valence-electron chi connectivity index (χ2n) is 9.05. The van der Waals surface area contributed by atoms with E-state index in [1.807, 2.05) is 24.3 Å². The zero-order valence-electron chi connectivity index (χ0n) is 17.7. The largest absolute Gasteiger partial charge is 0.508 e. The fourth-order valence-electron chi connectivity index (χ4n) is 5.45. The SMILES string of the molecule is C=CCC1(NCc2ccc(O)cc2)CCC2(CC1)OCCc1c2[nH]c2ccc(F)cc12. The molecule has 2 aliphatic rings. The van der Waals surface area contributed by atoms with Crippen LogP contribution in [0.1, 0.15) is 48.9 Å². The molecule has 162 valence electrons. The summed E-state index contributed by atoms with van der Waals surface area (Å²) in [5, 5.41) is 14.3. The molecular weight excluding hydrogens is 391 g/mol. The molecule has 1 saturated carbocycles. The number of rotatable bonds is 5. The van der Waals surface area contributed by atoms with Crippen LogP contribution in [0.3, 0.4) is 0 Å². The van der Waals surface area contributed by atoms with E-state index < -0.39 is 0 Å². The molecule has 5 rings (SSSR count). The molecule has 0 atom stereocenters. The summed E-state index contributed by atoms with van der Waals surface area (Å²) in [5.41, 5.74) is 4.15. The second-order valence-corrected chi connectivity index (χ2v) is 9.05. The zero-order chi connectivity index (χ0) is 21.5. The van der Waals surface area contributed by atoms with Crippen LogP contribution in [-0.4, -0.2) is 22.2 Å². The lowest BCUT2D eigenvalue weighted by Crippen LogP contribution is -2.52. The van der Waals surface area contributed by atoms with Crippen LogP contribution in [0.15, 0.2) is 55.1 Å². The third-order valence-electron chi connectivity index (χ3n) is 7.21. The molecule has 1 aliphatic heterocycles. The number of aromatic amines is 1. The van der Waals surface area contributed by atoms with Gasteiger partial charge in [0, 0.05) is 23.0 Å². The minimum atomic E-state index is -0.325. The Hall–Kier alpha value is -2.63. The van der Waals surface area contributed by atoms with Crippen LogP contribution in [0.4, 0.5) is 4.39 Å². The normalized spacial score (nSPS) is 25.6. The second kappa shape index (κ2) is 7.81. The summed E-state index contributed by atoms with van der Waals surface area (Å²) in [7, 11) is 0. The number of hydrogen-bond donors (Lipinski definition) is 3. The smallest absolute Gasteiger partial charge is 0.123 e. The summed E-state index contributed by atoms with van der Waals surface area (Å²) in [6.07, 6.45) is 7.47. The Balaban J connectivity index is 1.38. The van der Waals surface area contributed by atoms with E-state index in [2.05, 4.69) is 16.9 Å². The minimum Gasteiger partial charge on any atom is -0.508 e. The average molecular weight is 421 g/mol. The first-order chi connectivity index (χ1) is 15.0. The van der Waals surface area contributed by atoms with Gasteiger partial charge in [-0.25, -0.2) is 4.39 Å². The Morgan fingerprint density at radius 3 is 2.65 bits per heavy atom. The number of hydrogen-bond acceptors (Lipinski definition) is 3. The van der Waals surface area contributed by atoms with Crippen molar-refractivity contribution in [1.29, 1.82) is 0 Å². The van der Waals surface area contributed by atoms with Gasteiger partial charge in [-0.05, 0) is 80.0 Å². The first-order valence-electron chi connectivity index (χ1n) is 11.1. The predicted molar refractivity (Wildman–Crippen MR) is 121 cm³/mol. The molecule has 4 nitrogen and oxygen atoms in total. The van der Waals surface area contributed by atoms with Crippen LogP contribution in [-0.2, 0) is 23.3 Å². The maximum Gasteiger partial charge on any atom is 0.123 e. The van der Waals surface area contributed by atoms with Crippen molar-refractivity contribution in [3.05, 3.63) is 77.8 Å². The average Bonchev–Trinajstić information content (AvgIpc) is 3.15. The van der Waals surface area contributed by atoms with Crippen LogP contribution in [0, 0.1) is 5.82 Å². The van der Waals surface area contributed by atoms with Crippen molar-refractivity contribution in [3.8, 4) is 5.75 Å². The number of aromatic hydroxyl groups is 1. The highest BCUT2D eigenvalue weighted by atomic mass is 19.1. The van der Waals surface area contributed by atoms with Crippen LogP contribution in [0.25, 0.3) is 10.9 Å². The third-order valence-corrected chi connectivity index (χ3v) is 7.21. The Morgan fingerprint density at radius 2 is 1.90 bits per heavy atom. The summed E-state index contributed by atoms with van der Waals surface area (Å²) < 4.78 is 20.3. The minimum absolute atomic E-state index is 0.0238. The lowest BCUT2D eigenvalue weighted by Gasteiger charge is -2.48. The van der Waals surface area contributed by atoms with Gasteiger partial charge >= 0.3 is 0 Å². The molecule has 0 bridgehead atoms. The quantitative estimate of drug-likeness (QED) is 0.481. The zero-order valence-corrected chi connectivity index (χ0v) is 17.7. The summed E-state index contributed by atoms with van der Waals surface area (Å²) in [4.78, 5) is 3.57. The van der Waals surface area contributed by atoms with Crippen LogP contribution < -0.4 is 5.32 Å². The fraction of sp³-hybridized carbons (Fsp3) is 0.385. The molecular formula is C26H29FN2O2. The van der Waals surface area contributed by atoms with E-state index in [0.717, 1.165) is 67.2 Å². The van der Waals surface area contributed by atoms with E-state index in [-0.39, 0.29) is 22.7 Å². The molecule has 1 aromatic heterocycles. The molecule has 3 N–H and O–H groups in total. The molecule has 2 heterocycles. The molecule has 1 aliphatic carbocycles. The standard InChI is InChI=1S/C26H29FN2O2/c1-2-10-25(28-17-18-3-6-20(30)7-4-18)11-13-26(14-12-25)24-21(9-15-31-26)22-16-19(27)5-8-23(22)29-24/h2-8,16,28-30H,1,9-15,17H2. The molecule has 1 spiro atoms. The number of ether oxygens (including phenoxy) is 1. The van der Waals surface area contributed by atoms with E-state index in [1.54, 1.807) is 18.2 Å². The lowest BCUT2D eigenvalue weighted by atomic mass is 9.69. The third kappa shape index (κ3) is 3.66. The van der Waals surface area contributed by atoms with Crippen molar-refractivity contribution in [2.45, 2.75) is 56.2 Å². The Kier molecular flexibility index (Phi) is 5.11. The van der Waals surface area contributed by atoms with E-state index >= 15 is 0 Å². The van der Waals surface area contributed by atoms with Crippen LogP contribution in [0.2, 0.25) is 0 Å². The number of benzene rings is 2. The first kappa shape index (κ1) is 20.3. The highest BCUT2D eigenvalue weighted by Crippen LogP contribution is 2.49. The highest BCUT2D eigenvalue weighted by molar-refractivity contribution is 5.85. The Morgan fingerprint density at radius 1 is 1.13 bits per heavy atom. The number of aromatic nitrogens is 1. The molecule has 0 saturated heterocycles. The van der Waals surface area contributed by atoms with E-state index in [4.69, 9.17) is 4.74 Å². The summed E-state index contributed by atoms with van der Waals surface area (Å²) in [5.74, 6) is 0.0922. The van der Waals surface area contributed by atoms with Gasteiger partial charge < -0.3 is 20.1 Å². The molecule has 1 fully saturated rings. The summed E-state index contributed by atoms with van der Waals surface area (Å²) in [6, 6.07) is 12.4. The van der Waals surface area contributed by atoms with Gasteiger partial charge in [0.25, 0.3) is 0 Å². The van der Waals surface area contributed by atoms with Crippen molar-refractivity contribution >= 4 is 10.9 Å². The van der Waals surface area contributed by atoms with Crippen molar-refractivity contribution in [2.75, 3.05) is 6.61 Å². The van der Waals surface area contributed by atoms with E-state index in [1.165, 1.54) is 11.6 Å². The van der Waals surface area contributed by atoms with Crippen LogP contribution >= 0.6 is 0 Å². The van der Waals surface area contributed by atoms with Crippen molar-refractivity contribution in [3.63, 3.8) is 0 Å². The monoisotopic (exact) mass is 420 g/mol. The summed E-state index contributed by atoms with van der Waals surface area (Å²) in [6.45, 7) is 5.42. The predicted octanol–water partition coefficient (Wildman–Crippen LogP) is 5.46. The number of phenols is 1. The molecule has 0 unspecified atom stereocenters. The Bertz CT molecular complexity index is 1090. The molecule has 2 aromatic carbocycles. The van der Waals surface area contributed by atoms with Crippen molar-refractivity contribution in [1.82, 2.24) is 10.3 Å². The fourth-order valence-corrected chi connectivity index (χ4v) is 5.45. The van der Waals surface area contributed by atoms with Gasteiger partial charge in [-0.15, -0.1) is 6.58 Å². The number of H-pyrrole nitrogens is 1. The van der Waals surface area contributed by atoms with Crippen molar-refractivity contribution < 1.29 is 14.2 Å². The van der Waals surface area contributed by atoms with Gasteiger partial charge in [0.1, 0.15) is 17.2 Å². The van der Waals surface area contributed by atoms with Crippen molar-refractivity contribution in [2.24, 2.45) is 0 Å². The molecule has 0 amide bonds. The van der Waals surface area contributed by atoms with Crippen LogP contribution in [0.5, 0.6) is 5.75 Å². The first-order valence-corrected chi connectivity index (χ1v) is 11.1. The number of fused-ring (bicyclic) bond motifs is 4. The van der Waals surface area contributed by atoms with E-state index in [0.29, 0.717) is 6.61 Å². The topological polar surface area (TPSA) is 57.3 Å². The molecule has 0 radical (unpaired) electrons. The maximum atomic E-state index is 13.9. The lowest BCUT2D eigenvalue weighted by molar-refractivity contribution is -0.101. The number of nitrogens with one attached hydrogen (secondary N) is 2. The number of halogens is 1. The summed E-state index contributed by atoms with van der Waals surface area (Å²) >= 11 is 0. The number of phenolic OH excluding ortho intramolecular Hbond substituents is 1. The van der Waals surface area contributed by atoms with Gasteiger partial charge in [-0.1, -0.05) is 18.2 Å². The van der Waals surface area contributed by atoms with Gasteiger partial charge in [-0.3, -0.25) is 0 Å². The molecule has 31 heavy (non-hydrogen) atoms. The van der Waals surface area contributed by atoms with Gasteiger partial charge in [-0.2, -0.15) is 0 Å². The maximum absolute atomic E-state index is 13.9. The molecule has 5 heteroatoms. The van der Waals surface area contributed by atoms with Gasteiger partial charge in [0.2, 0.25) is 0 Å². The Labute approximate surface area is 182 Å². The van der Waals surface area contributed by atoms with Gasteiger partial charge in [0.15, 0.2) is 0 Å².